The first-order chi connectivity index (χ1) is 13.2. The topological polar surface area (TPSA) is 85.1 Å². The van der Waals surface area contributed by atoms with Gasteiger partial charge >= 0.3 is 0 Å². The van der Waals surface area contributed by atoms with E-state index in [9.17, 15) is 4.79 Å². The van der Waals surface area contributed by atoms with E-state index in [4.69, 9.17) is 11.6 Å². The van der Waals surface area contributed by atoms with E-state index in [2.05, 4.69) is 25.6 Å². The minimum atomic E-state index is -0.163. The van der Waals surface area contributed by atoms with Crippen molar-refractivity contribution in [2.75, 3.05) is 11.1 Å². The van der Waals surface area contributed by atoms with Crippen LogP contribution < -0.4 is 5.32 Å². The van der Waals surface area contributed by atoms with Gasteiger partial charge in [-0.1, -0.05) is 41.6 Å². The van der Waals surface area contributed by atoms with Gasteiger partial charge in [-0.2, -0.15) is 9.61 Å². The summed E-state index contributed by atoms with van der Waals surface area (Å²) in [6, 6.07) is 16.3. The normalized spacial score (nSPS) is 10.9. The number of thioether (sulfide) groups is 1. The fraction of sp³-hybridized carbons (Fsp3) is 0.0556. The van der Waals surface area contributed by atoms with Gasteiger partial charge in [-0.15, -0.1) is 10.2 Å². The molecule has 3 heterocycles. The van der Waals surface area contributed by atoms with Crippen molar-refractivity contribution >= 4 is 40.6 Å². The highest BCUT2D eigenvalue weighted by Gasteiger charge is 2.12. The standard InChI is InChI=1S/C18H13ClN6OS/c19-12-5-1-2-6-13(12)21-16(26)11-27-17-9-8-15-22-23-18(25(15)24-17)14-7-3-4-10-20-14/h1-10H,11H2,(H,21,26). The van der Waals surface area contributed by atoms with Crippen molar-refractivity contribution in [2.24, 2.45) is 0 Å². The quantitative estimate of drug-likeness (QED) is 0.519. The van der Waals surface area contributed by atoms with Gasteiger partial charge in [-0.05, 0) is 36.4 Å². The zero-order chi connectivity index (χ0) is 18.6. The second-order valence-corrected chi connectivity index (χ2v) is 6.90. The van der Waals surface area contributed by atoms with E-state index in [0.29, 0.717) is 32.9 Å². The van der Waals surface area contributed by atoms with Gasteiger partial charge in [0.05, 0.1) is 16.5 Å². The van der Waals surface area contributed by atoms with Crippen molar-refractivity contribution in [1.82, 2.24) is 24.8 Å². The molecule has 4 aromatic rings. The summed E-state index contributed by atoms with van der Waals surface area (Å²) in [5, 5.41) is 16.7. The largest absolute Gasteiger partial charge is 0.324 e. The Morgan fingerprint density at radius 1 is 1.07 bits per heavy atom. The van der Waals surface area contributed by atoms with Crippen molar-refractivity contribution in [2.45, 2.75) is 5.03 Å². The predicted octanol–water partition coefficient (Wildman–Crippen LogP) is 3.57. The number of rotatable bonds is 5. The second kappa shape index (κ2) is 7.73. The summed E-state index contributed by atoms with van der Waals surface area (Å²) in [5.41, 5.74) is 1.88. The van der Waals surface area contributed by atoms with Crippen molar-refractivity contribution in [3.05, 3.63) is 65.8 Å². The smallest absolute Gasteiger partial charge is 0.234 e. The first-order valence-electron chi connectivity index (χ1n) is 8.02. The van der Waals surface area contributed by atoms with Crippen molar-refractivity contribution in [3.8, 4) is 11.5 Å². The third kappa shape index (κ3) is 3.91. The first kappa shape index (κ1) is 17.4. The first-order valence-corrected chi connectivity index (χ1v) is 9.38. The van der Waals surface area contributed by atoms with Crippen LogP contribution in [-0.4, -0.2) is 36.5 Å². The average molecular weight is 397 g/mol. The van der Waals surface area contributed by atoms with Gasteiger partial charge in [-0.25, -0.2) is 0 Å². The van der Waals surface area contributed by atoms with E-state index in [-0.39, 0.29) is 11.7 Å². The monoisotopic (exact) mass is 396 g/mol. The van der Waals surface area contributed by atoms with Gasteiger partial charge < -0.3 is 5.32 Å². The van der Waals surface area contributed by atoms with E-state index in [1.54, 1.807) is 35.0 Å². The molecule has 0 unspecified atom stereocenters. The Bertz CT molecular complexity index is 1100. The second-order valence-electron chi connectivity index (χ2n) is 5.50. The summed E-state index contributed by atoms with van der Waals surface area (Å²) >= 11 is 7.37. The molecule has 27 heavy (non-hydrogen) atoms. The highest BCUT2D eigenvalue weighted by atomic mass is 35.5. The Kier molecular flexibility index (Phi) is 4.99. The lowest BCUT2D eigenvalue weighted by Gasteiger charge is -2.06. The maximum atomic E-state index is 12.2. The molecule has 1 amide bonds. The third-order valence-electron chi connectivity index (χ3n) is 3.63. The lowest BCUT2D eigenvalue weighted by atomic mass is 10.3. The lowest BCUT2D eigenvalue weighted by molar-refractivity contribution is -0.113. The Morgan fingerprint density at radius 3 is 2.74 bits per heavy atom. The molecule has 4 rings (SSSR count). The number of hydrogen-bond acceptors (Lipinski definition) is 6. The van der Waals surface area contributed by atoms with Crippen molar-refractivity contribution < 1.29 is 4.79 Å². The number of carbonyl (C=O) groups excluding carboxylic acids is 1. The van der Waals surface area contributed by atoms with Crippen molar-refractivity contribution in [1.29, 1.82) is 0 Å². The van der Waals surface area contributed by atoms with Crippen LogP contribution in [0.3, 0.4) is 0 Å². The minimum absolute atomic E-state index is 0.163. The molecule has 134 valence electrons. The molecule has 0 atom stereocenters. The van der Waals surface area contributed by atoms with Crippen LogP contribution in [0.5, 0.6) is 0 Å². The lowest BCUT2D eigenvalue weighted by Crippen LogP contribution is -2.14. The SMILES string of the molecule is O=C(CSc1ccc2nnc(-c3ccccn3)n2n1)Nc1ccccc1Cl. The molecule has 1 aromatic carbocycles. The number of anilines is 1. The number of para-hydroxylation sites is 1. The van der Waals surface area contributed by atoms with Gasteiger partial charge in [0.2, 0.25) is 11.7 Å². The van der Waals surface area contributed by atoms with E-state index in [1.807, 2.05) is 30.3 Å². The molecule has 9 heteroatoms. The van der Waals surface area contributed by atoms with Crippen LogP contribution in [-0.2, 0) is 4.79 Å². The molecule has 0 saturated heterocycles. The molecule has 0 radical (unpaired) electrons. The van der Waals surface area contributed by atoms with Crippen LogP contribution in [0.1, 0.15) is 0 Å². The third-order valence-corrected chi connectivity index (χ3v) is 4.88. The molecule has 0 aliphatic rings. The molecule has 0 aliphatic heterocycles. The Balaban J connectivity index is 1.49. The highest BCUT2D eigenvalue weighted by molar-refractivity contribution is 7.99. The summed E-state index contributed by atoms with van der Waals surface area (Å²) in [6.45, 7) is 0. The maximum absolute atomic E-state index is 12.2. The predicted molar refractivity (Wildman–Crippen MR) is 105 cm³/mol. The molecular formula is C18H13ClN6OS. The molecule has 7 nitrogen and oxygen atoms in total. The summed E-state index contributed by atoms with van der Waals surface area (Å²) in [4.78, 5) is 16.5. The molecule has 3 aromatic heterocycles. The number of fused-ring (bicyclic) bond motifs is 1. The Morgan fingerprint density at radius 2 is 1.93 bits per heavy atom. The molecule has 0 fully saturated rings. The van der Waals surface area contributed by atoms with Gasteiger partial charge in [0.15, 0.2) is 5.65 Å². The Hall–Kier alpha value is -2.97. The number of carbonyl (C=O) groups is 1. The van der Waals surface area contributed by atoms with Gasteiger partial charge in [0.25, 0.3) is 0 Å². The zero-order valence-corrected chi connectivity index (χ0v) is 15.5. The number of nitrogens with zero attached hydrogens (tertiary/aromatic N) is 5. The fourth-order valence-electron chi connectivity index (χ4n) is 2.39. The van der Waals surface area contributed by atoms with Gasteiger partial charge in [-0.3, -0.25) is 9.78 Å². The average Bonchev–Trinajstić information content (AvgIpc) is 3.12. The summed E-state index contributed by atoms with van der Waals surface area (Å²) in [5.74, 6) is 0.586. The van der Waals surface area contributed by atoms with E-state index in [1.165, 1.54) is 11.8 Å². The van der Waals surface area contributed by atoms with Gasteiger partial charge in [0.1, 0.15) is 10.7 Å². The number of hydrogen-bond donors (Lipinski definition) is 1. The molecule has 0 aliphatic carbocycles. The van der Waals surface area contributed by atoms with Crippen LogP contribution in [0.15, 0.2) is 65.8 Å². The number of aromatic nitrogens is 5. The number of nitrogens with one attached hydrogen (secondary N) is 1. The number of benzene rings is 1. The van der Waals surface area contributed by atoms with Crippen LogP contribution in [0.25, 0.3) is 17.2 Å². The van der Waals surface area contributed by atoms with Crippen molar-refractivity contribution in [3.63, 3.8) is 0 Å². The summed E-state index contributed by atoms with van der Waals surface area (Å²) in [7, 11) is 0. The molecule has 0 saturated carbocycles. The fourth-order valence-corrected chi connectivity index (χ4v) is 3.23. The number of amides is 1. The Labute approximate surface area is 163 Å². The van der Waals surface area contributed by atoms with Crippen LogP contribution in [0.4, 0.5) is 5.69 Å². The van der Waals surface area contributed by atoms with Crippen LogP contribution in [0.2, 0.25) is 5.02 Å². The molecule has 0 spiro atoms. The van der Waals surface area contributed by atoms with Gasteiger partial charge in [0, 0.05) is 6.20 Å². The maximum Gasteiger partial charge on any atom is 0.234 e. The number of halogens is 1. The summed E-state index contributed by atoms with van der Waals surface area (Å²) in [6.07, 6.45) is 1.69. The molecule has 1 N–H and O–H groups in total. The van der Waals surface area contributed by atoms with E-state index in [0.717, 1.165) is 0 Å². The van der Waals surface area contributed by atoms with Crippen LogP contribution >= 0.6 is 23.4 Å². The van der Waals surface area contributed by atoms with E-state index >= 15 is 0 Å². The minimum Gasteiger partial charge on any atom is -0.324 e. The van der Waals surface area contributed by atoms with Crippen LogP contribution in [0, 0.1) is 0 Å². The van der Waals surface area contributed by atoms with E-state index < -0.39 is 0 Å². The number of pyridine rings is 1. The summed E-state index contributed by atoms with van der Waals surface area (Å²) < 4.78 is 1.62. The zero-order valence-electron chi connectivity index (χ0n) is 13.9. The molecular weight excluding hydrogens is 384 g/mol. The highest BCUT2D eigenvalue weighted by Crippen LogP contribution is 2.22. The molecule has 0 bridgehead atoms.